The van der Waals surface area contributed by atoms with Gasteiger partial charge in [0.05, 0.1) is 14.2 Å². The van der Waals surface area contributed by atoms with E-state index < -0.39 is 11.8 Å². The molecule has 2 amide bonds. The average Bonchev–Trinajstić information content (AvgIpc) is 2.69. The monoisotopic (exact) mass is 384 g/mol. The molecule has 2 rings (SSSR count). The number of amides is 2. The Kier molecular flexibility index (Phi) is 7.45. The first-order valence-corrected chi connectivity index (χ1v) is 8.62. The number of para-hydroxylation sites is 1. The van der Waals surface area contributed by atoms with Crippen molar-refractivity contribution in [3.05, 3.63) is 59.2 Å². The lowest BCUT2D eigenvalue weighted by atomic mass is 10.1. The van der Waals surface area contributed by atoms with Crippen LogP contribution >= 0.6 is 0 Å². The van der Waals surface area contributed by atoms with E-state index in [2.05, 4.69) is 10.9 Å². The Bertz CT molecular complexity index is 835. The van der Waals surface area contributed by atoms with E-state index in [4.69, 9.17) is 14.2 Å². The number of ether oxygens (including phenoxy) is 3. The van der Waals surface area contributed by atoms with E-state index in [0.29, 0.717) is 17.2 Å². The van der Waals surface area contributed by atoms with Crippen LogP contribution in [-0.4, -0.2) is 32.6 Å². The van der Waals surface area contributed by atoms with E-state index in [0.717, 1.165) is 16.7 Å². The van der Waals surface area contributed by atoms with E-state index in [1.54, 1.807) is 38.5 Å². The molecule has 148 valence electrons. The van der Waals surface area contributed by atoms with Gasteiger partial charge >= 0.3 is 0 Å². The predicted molar refractivity (Wildman–Crippen MR) is 106 cm³/mol. The minimum absolute atomic E-state index is 0.206. The Labute approximate surface area is 164 Å². The Hall–Kier alpha value is -3.48. The van der Waals surface area contributed by atoms with Crippen LogP contribution in [0.1, 0.15) is 16.7 Å². The number of carbonyl (C=O) groups is 2. The molecule has 0 heterocycles. The Morgan fingerprint density at radius 2 is 1.57 bits per heavy atom. The van der Waals surface area contributed by atoms with Crippen LogP contribution in [-0.2, 0) is 9.59 Å². The molecule has 0 aliphatic rings. The van der Waals surface area contributed by atoms with Crippen LogP contribution < -0.4 is 25.1 Å². The van der Waals surface area contributed by atoms with Crippen molar-refractivity contribution in [1.29, 1.82) is 0 Å². The highest BCUT2D eigenvalue weighted by molar-refractivity contribution is 5.93. The molecule has 0 aromatic heterocycles. The minimum Gasteiger partial charge on any atom is -0.497 e. The molecule has 2 aromatic rings. The lowest BCUT2D eigenvalue weighted by molar-refractivity contribution is -0.128. The van der Waals surface area contributed by atoms with Crippen molar-refractivity contribution in [2.75, 3.05) is 20.8 Å². The molecule has 0 bridgehead atoms. The van der Waals surface area contributed by atoms with Crippen molar-refractivity contribution in [1.82, 2.24) is 10.9 Å². The second-order valence-electron chi connectivity index (χ2n) is 6.03. The largest absolute Gasteiger partial charge is 0.497 e. The number of methoxy groups -OCH3 is 2. The fourth-order valence-corrected chi connectivity index (χ4v) is 2.47. The van der Waals surface area contributed by atoms with Gasteiger partial charge in [-0.05, 0) is 48.7 Å². The number of benzene rings is 2. The van der Waals surface area contributed by atoms with Crippen molar-refractivity contribution in [3.63, 3.8) is 0 Å². The third kappa shape index (κ3) is 6.05. The summed E-state index contributed by atoms with van der Waals surface area (Å²) in [5.74, 6) is 0.929. The first-order chi connectivity index (χ1) is 13.4. The van der Waals surface area contributed by atoms with Crippen LogP contribution in [0.2, 0.25) is 0 Å². The topological polar surface area (TPSA) is 85.9 Å². The summed E-state index contributed by atoms with van der Waals surface area (Å²) in [6, 6.07) is 11.0. The number of hydrazine groups is 1. The number of hydrogen-bond acceptors (Lipinski definition) is 5. The van der Waals surface area contributed by atoms with Gasteiger partial charge in [0.15, 0.2) is 6.61 Å². The van der Waals surface area contributed by atoms with E-state index in [-0.39, 0.29) is 6.61 Å². The maximum absolute atomic E-state index is 11.9. The highest BCUT2D eigenvalue weighted by Crippen LogP contribution is 2.23. The van der Waals surface area contributed by atoms with Crippen LogP contribution in [0.15, 0.2) is 42.5 Å². The summed E-state index contributed by atoms with van der Waals surface area (Å²) in [6.07, 6.45) is 2.88. The van der Waals surface area contributed by atoms with Gasteiger partial charge in [-0.25, -0.2) is 0 Å². The fourth-order valence-electron chi connectivity index (χ4n) is 2.47. The maximum Gasteiger partial charge on any atom is 0.276 e. The van der Waals surface area contributed by atoms with E-state index in [1.807, 2.05) is 32.0 Å². The summed E-state index contributed by atoms with van der Waals surface area (Å²) >= 11 is 0. The molecule has 0 aliphatic carbocycles. The quantitative estimate of drug-likeness (QED) is 0.566. The van der Waals surface area contributed by atoms with E-state index >= 15 is 0 Å². The zero-order chi connectivity index (χ0) is 20.5. The number of carbonyl (C=O) groups excluding carboxylic acids is 2. The van der Waals surface area contributed by atoms with E-state index in [9.17, 15) is 9.59 Å². The first-order valence-electron chi connectivity index (χ1n) is 8.62. The standard InChI is InChI=1S/C21H24N2O5/c1-14-6-5-7-15(2)21(14)28-13-20(25)23-22-19(24)9-8-16-10-17(26-3)12-18(11-16)27-4/h5-12H,13H2,1-4H3,(H,22,24)(H,23,25). The molecule has 0 saturated carbocycles. The second-order valence-corrected chi connectivity index (χ2v) is 6.03. The zero-order valence-electron chi connectivity index (χ0n) is 16.4. The van der Waals surface area contributed by atoms with Gasteiger partial charge in [0.2, 0.25) is 0 Å². The molecule has 0 fully saturated rings. The van der Waals surface area contributed by atoms with Crippen LogP contribution in [0.3, 0.4) is 0 Å². The number of nitrogens with one attached hydrogen (secondary N) is 2. The van der Waals surface area contributed by atoms with Gasteiger partial charge in [-0.15, -0.1) is 0 Å². The summed E-state index contributed by atoms with van der Waals surface area (Å²) in [5, 5.41) is 0. The van der Waals surface area contributed by atoms with E-state index in [1.165, 1.54) is 6.08 Å². The smallest absolute Gasteiger partial charge is 0.276 e. The highest BCUT2D eigenvalue weighted by Gasteiger charge is 2.08. The van der Waals surface area contributed by atoms with Gasteiger partial charge < -0.3 is 14.2 Å². The maximum atomic E-state index is 11.9. The molecule has 2 aromatic carbocycles. The Balaban J connectivity index is 1.85. The Morgan fingerprint density at radius 3 is 2.14 bits per heavy atom. The number of aryl methyl sites for hydroxylation is 2. The second kappa shape index (κ2) is 10.0. The van der Waals surface area contributed by atoms with Crippen molar-refractivity contribution in [2.24, 2.45) is 0 Å². The molecule has 7 heteroatoms. The molecule has 7 nitrogen and oxygen atoms in total. The molecule has 0 spiro atoms. The SMILES string of the molecule is COc1cc(C=CC(=O)NNC(=O)COc2c(C)cccc2C)cc(OC)c1. The molecule has 0 aliphatic heterocycles. The minimum atomic E-state index is -0.484. The summed E-state index contributed by atoms with van der Waals surface area (Å²) < 4.78 is 15.9. The molecule has 0 radical (unpaired) electrons. The third-order valence-electron chi connectivity index (χ3n) is 3.88. The first kappa shape index (κ1) is 20.8. The lowest BCUT2D eigenvalue weighted by Gasteiger charge is -2.12. The normalized spacial score (nSPS) is 10.4. The van der Waals surface area contributed by atoms with Gasteiger partial charge in [0, 0.05) is 12.1 Å². The van der Waals surface area contributed by atoms with Crippen LogP contribution in [0, 0.1) is 13.8 Å². The van der Waals surface area contributed by atoms with Gasteiger partial charge in [-0.3, -0.25) is 20.4 Å². The number of rotatable bonds is 7. The van der Waals surface area contributed by atoms with Crippen molar-refractivity contribution in [2.45, 2.75) is 13.8 Å². The van der Waals surface area contributed by atoms with Gasteiger partial charge in [-0.2, -0.15) is 0 Å². The molecular formula is C21H24N2O5. The molecule has 0 unspecified atom stereocenters. The van der Waals surface area contributed by atoms with Crippen LogP contribution in [0.25, 0.3) is 6.08 Å². The Morgan fingerprint density at radius 1 is 0.964 bits per heavy atom. The molecule has 2 N–H and O–H groups in total. The van der Waals surface area contributed by atoms with Crippen molar-refractivity contribution < 1.29 is 23.8 Å². The molecule has 0 atom stereocenters. The van der Waals surface area contributed by atoms with Gasteiger partial charge in [-0.1, -0.05) is 18.2 Å². The zero-order valence-corrected chi connectivity index (χ0v) is 16.4. The molecule has 0 saturated heterocycles. The number of hydrogen-bond donors (Lipinski definition) is 2. The van der Waals surface area contributed by atoms with Gasteiger partial charge in [0.25, 0.3) is 11.8 Å². The van der Waals surface area contributed by atoms with Gasteiger partial charge in [0.1, 0.15) is 17.2 Å². The van der Waals surface area contributed by atoms with Crippen LogP contribution in [0.5, 0.6) is 17.2 Å². The molecule has 28 heavy (non-hydrogen) atoms. The summed E-state index contributed by atoms with van der Waals surface area (Å²) in [4.78, 5) is 23.8. The summed E-state index contributed by atoms with van der Waals surface area (Å²) in [7, 11) is 3.09. The van der Waals surface area contributed by atoms with Crippen molar-refractivity contribution in [3.8, 4) is 17.2 Å². The summed E-state index contributed by atoms with van der Waals surface area (Å²) in [6.45, 7) is 3.60. The van der Waals surface area contributed by atoms with Crippen molar-refractivity contribution >= 4 is 17.9 Å². The highest BCUT2D eigenvalue weighted by atomic mass is 16.5. The van der Waals surface area contributed by atoms with Crippen LogP contribution in [0.4, 0.5) is 0 Å². The molecular weight excluding hydrogens is 360 g/mol. The predicted octanol–water partition coefficient (Wildman–Crippen LogP) is 2.56. The summed E-state index contributed by atoms with van der Waals surface area (Å²) in [5.41, 5.74) is 7.21. The average molecular weight is 384 g/mol. The lowest BCUT2D eigenvalue weighted by Crippen LogP contribution is -2.43. The third-order valence-corrected chi connectivity index (χ3v) is 3.88. The fraction of sp³-hybridized carbons (Fsp3) is 0.238.